The average Bonchev–Trinajstić information content (AvgIpc) is 3.01. The lowest BCUT2D eigenvalue weighted by atomic mass is 10.1. The minimum Gasteiger partial charge on any atom is -0.452 e. The molecule has 12 heteroatoms. The molecule has 0 bridgehead atoms. The van der Waals surface area contributed by atoms with E-state index in [1.54, 1.807) is 0 Å². The largest absolute Gasteiger partial charge is 0.452 e. The smallest absolute Gasteiger partial charge is 0.348 e. The fraction of sp³-hybridized carbons (Fsp3) is 0.824. The minimum atomic E-state index is -1.46. The minimum absolute atomic E-state index is 0.0996. The topological polar surface area (TPSA) is 169 Å². The Labute approximate surface area is 274 Å². The van der Waals surface area contributed by atoms with Crippen molar-refractivity contribution in [3.05, 3.63) is 0 Å². The van der Waals surface area contributed by atoms with Crippen molar-refractivity contribution in [3.8, 4) is 0 Å². The molecule has 1 N–H and O–H groups in total. The molecule has 0 heterocycles. The van der Waals surface area contributed by atoms with Gasteiger partial charge in [0.25, 0.3) is 0 Å². The fourth-order valence-electron chi connectivity index (χ4n) is 4.25. The van der Waals surface area contributed by atoms with Crippen LogP contribution in [-0.4, -0.2) is 77.4 Å². The molecule has 0 radical (unpaired) electrons. The van der Waals surface area contributed by atoms with E-state index in [0.29, 0.717) is 19.3 Å². The van der Waals surface area contributed by atoms with E-state index in [2.05, 4.69) is 0 Å². The predicted molar refractivity (Wildman–Crippen MR) is 169 cm³/mol. The van der Waals surface area contributed by atoms with Gasteiger partial charge in [0.15, 0.2) is 42.4 Å². The standard InChI is InChI=1S/C34H58O12/c1-8-11-14-17-20-27(36)32(39)43-25(6)30(37)46-29(22-19-16-13-10-3)34(41)44-26(7)31(38)45-28(21-18-15-12-9-2)33(40)42-24(5)23(4)35/h24-29,36H,8-22H2,1-7H3. The zero-order valence-electron chi connectivity index (χ0n) is 29.0. The highest BCUT2D eigenvalue weighted by atomic mass is 16.6. The number of ether oxygens (including phenoxy) is 5. The number of rotatable bonds is 26. The molecule has 0 fully saturated rings. The first kappa shape index (κ1) is 43.0. The maximum atomic E-state index is 13.1. The van der Waals surface area contributed by atoms with Crippen LogP contribution in [0.1, 0.15) is 145 Å². The Balaban J connectivity index is 5.41. The van der Waals surface area contributed by atoms with E-state index in [0.717, 1.165) is 57.8 Å². The fourth-order valence-corrected chi connectivity index (χ4v) is 4.25. The van der Waals surface area contributed by atoms with Crippen molar-refractivity contribution < 1.29 is 57.6 Å². The van der Waals surface area contributed by atoms with Crippen LogP contribution in [0.3, 0.4) is 0 Å². The van der Waals surface area contributed by atoms with E-state index >= 15 is 0 Å². The van der Waals surface area contributed by atoms with Gasteiger partial charge in [-0.15, -0.1) is 0 Å². The van der Waals surface area contributed by atoms with E-state index in [9.17, 15) is 33.9 Å². The molecule has 0 saturated carbocycles. The van der Waals surface area contributed by atoms with E-state index < -0.39 is 66.5 Å². The number of esters is 5. The maximum Gasteiger partial charge on any atom is 0.348 e. The first-order chi connectivity index (χ1) is 21.8. The number of carbonyl (C=O) groups is 6. The van der Waals surface area contributed by atoms with Crippen molar-refractivity contribution in [1.29, 1.82) is 0 Å². The third-order valence-electron chi connectivity index (χ3n) is 7.40. The third-order valence-corrected chi connectivity index (χ3v) is 7.40. The molecule has 0 saturated heterocycles. The number of aliphatic hydroxyl groups is 1. The van der Waals surface area contributed by atoms with Gasteiger partial charge in [-0.2, -0.15) is 0 Å². The van der Waals surface area contributed by atoms with Gasteiger partial charge >= 0.3 is 29.8 Å². The van der Waals surface area contributed by atoms with Gasteiger partial charge in [-0.05, 0) is 59.8 Å². The molecule has 266 valence electrons. The molecule has 6 atom stereocenters. The van der Waals surface area contributed by atoms with E-state index in [-0.39, 0.29) is 25.0 Å². The number of hydrogen-bond acceptors (Lipinski definition) is 12. The SMILES string of the molecule is CCCCCCC(O)C(=O)OC(C)C(=O)OC(CCCCCC)C(=O)OC(C)C(=O)OC(CCCCCC)C(=O)OC(C)C(C)=O. The third kappa shape index (κ3) is 18.8. The van der Waals surface area contributed by atoms with Crippen molar-refractivity contribution >= 4 is 35.6 Å². The zero-order valence-corrected chi connectivity index (χ0v) is 29.0. The van der Waals surface area contributed by atoms with Gasteiger partial charge in [0.1, 0.15) is 0 Å². The number of Topliss-reactive ketones (excluding diaryl/α,β-unsaturated/α-hetero) is 1. The Morgan fingerprint density at radius 1 is 0.457 bits per heavy atom. The van der Waals surface area contributed by atoms with Gasteiger partial charge < -0.3 is 28.8 Å². The highest BCUT2D eigenvalue weighted by Gasteiger charge is 2.34. The van der Waals surface area contributed by atoms with Crippen LogP contribution >= 0.6 is 0 Å². The molecular formula is C34H58O12. The molecule has 0 aromatic carbocycles. The number of unbranched alkanes of at least 4 members (excludes halogenated alkanes) is 9. The van der Waals surface area contributed by atoms with Gasteiger partial charge in [-0.1, -0.05) is 85.0 Å². The molecule has 46 heavy (non-hydrogen) atoms. The van der Waals surface area contributed by atoms with Crippen molar-refractivity contribution in [2.45, 2.75) is 181 Å². The lowest BCUT2D eigenvalue weighted by molar-refractivity contribution is -0.188. The van der Waals surface area contributed by atoms with Gasteiger partial charge in [-0.25, -0.2) is 24.0 Å². The molecular weight excluding hydrogens is 600 g/mol. The molecule has 0 aromatic heterocycles. The molecule has 0 rings (SSSR count). The van der Waals surface area contributed by atoms with Crippen molar-refractivity contribution in [2.75, 3.05) is 0 Å². The van der Waals surface area contributed by atoms with Gasteiger partial charge in [0.2, 0.25) is 0 Å². The first-order valence-corrected chi connectivity index (χ1v) is 17.0. The van der Waals surface area contributed by atoms with Crippen LogP contribution < -0.4 is 0 Å². The lowest BCUT2D eigenvalue weighted by Gasteiger charge is -2.23. The highest BCUT2D eigenvalue weighted by Crippen LogP contribution is 2.16. The summed E-state index contributed by atoms with van der Waals surface area (Å²) in [5.41, 5.74) is 0. The van der Waals surface area contributed by atoms with Crippen LogP contribution in [0.15, 0.2) is 0 Å². The average molecular weight is 659 g/mol. The molecule has 0 aromatic rings. The van der Waals surface area contributed by atoms with Crippen LogP contribution in [-0.2, 0) is 52.5 Å². The molecule has 0 aliphatic heterocycles. The summed E-state index contributed by atoms with van der Waals surface area (Å²) in [6.07, 6.45) is 2.30. The Hall–Kier alpha value is -3.02. The second-order valence-electron chi connectivity index (χ2n) is 11.8. The summed E-state index contributed by atoms with van der Waals surface area (Å²) in [6, 6.07) is 0. The molecule has 0 aliphatic rings. The Bertz CT molecular complexity index is 933. The van der Waals surface area contributed by atoms with Crippen molar-refractivity contribution in [2.24, 2.45) is 0 Å². The summed E-state index contributed by atoms with van der Waals surface area (Å²) >= 11 is 0. The quantitative estimate of drug-likeness (QED) is 0.0708. The molecule has 0 aliphatic carbocycles. The highest BCUT2D eigenvalue weighted by molar-refractivity contribution is 5.87. The normalized spacial score (nSPS) is 15.0. The van der Waals surface area contributed by atoms with Crippen LogP contribution in [0.25, 0.3) is 0 Å². The summed E-state index contributed by atoms with van der Waals surface area (Å²) in [4.78, 5) is 75.3. The van der Waals surface area contributed by atoms with Gasteiger partial charge in [0, 0.05) is 0 Å². The van der Waals surface area contributed by atoms with Crippen LogP contribution in [0.4, 0.5) is 0 Å². The van der Waals surface area contributed by atoms with E-state index in [4.69, 9.17) is 23.7 Å². The number of hydrogen-bond donors (Lipinski definition) is 1. The molecule has 0 amide bonds. The van der Waals surface area contributed by atoms with Crippen LogP contribution in [0.2, 0.25) is 0 Å². The van der Waals surface area contributed by atoms with E-state index in [1.807, 2.05) is 20.8 Å². The molecule has 12 nitrogen and oxygen atoms in total. The Kier molecular flexibility index (Phi) is 23.5. The summed E-state index contributed by atoms with van der Waals surface area (Å²) in [5.74, 6) is -5.21. The summed E-state index contributed by atoms with van der Waals surface area (Å²) in [6.45, 7) is 11.3. The number of carbonyl (C=O) groups excluding carboxylic acids is 6. The summed E-state index contributed by atoms with van der Waals surface area (Å²) in [7, 11) is 0. The monoisotopic (exact) mass is 658 g/mol. The predicted octanol–water partition coefficient (Wildman–Crippen LogP) is 5.47. The second kappa shape index (κ2) is 25.1. The first-order valence-electron chi connectivity index (χ1n) is 17.0. The van der Waals surface area contributed by atoms with Crippen molar-refractivity contribution in [3.63, 3.8) is 0 Å². The second-order valence-corrected chi connectivity index (χ2v) is 11.8. The lowest BCUT2D eigenvalue weighted by Crippen LogP contribution is -2.40. The Morgan fingerprint density at radius 2 is 0.804 bits per heavy atom. The van der Waals surface area contributed by atoms with Crippen LogP contribution in [0, 0.1) is 0 Å². The molecule has 0 spiro atoms. The zero-order chi connectivity index (χ0) is 35.1. The van der Waals surface area contributed by atoms with Gasteiger partial charge in [0.05, 0.1) is 0 Å². The summed E-state index contributed by atoms with van der Waals surface area (Å²) in [5, 5.41) is 10.1. The van der Waals surface area contributed by atoms with Gasteiger partial charge in [-0.3, -0.25) is 4.79 Å². The maximum absolute atomic E-state index is 13.1. The summed E-state index contributed by atoms with van der Waals surface area (Å²) < 4.78 is 26.2. The van der Waals surface area contributed by atoms with Crippen LogP contribution in [0.5, 0.6) is 0 Å². The number of aliphatic hydroxyl groups excluding tert-OH is 1. The van der Waals surface area contributed by atoms with Crippen molar-refractivity contribution in [1.82, 2.24) is 0 Å². The van der Waals surface area contributed by atoms with E-state index in [1.165, 1.54) is 27.7 Å². The number of ketones is 1. The Morgan fingerprint density at radius 3 is 1.17 bits per heavy atom. The molecule has 6 unspecified atom stereocenters.